The van der Waals surface area contributed by atoms with Crippen molar-refractivity contribution in [1.82, 2.24) is 0 Å². The fourth-order valence-electron chi connectivity index (χ4n) is 1.79. The third-order valence-electron chi connectivity index (χ3n) is 2.74. The molecule has 0 fully saturated rings. The van der Waals surface area contributed by atoms with Gasteiger partial charge in [0, 0.05) is 11.4 Å². The molecule has 0 aliphatic rings. The van der Waals surface area contributed by atoms with Gasteiger partial charge in [0.1, 0.15) is 0 Å². The van der Waals surface area contributed by atoms with E-state index >= 15 is 0 Å². The van der Waals surface area contributed by atoms with E-state index in [9.17, 15) is 14.7 Å². The van der Waals surface area contributed by atoms with Crippen molar-refractivity contribution in [2.45, 2.75) is 25.9 Å². The zero-order chi connectivity index (χ0) is 15.1. The number of carboxylic acids is 1. The van der Waals surface area contributed by atoms with Crippen LogP contribution in [0.15, 0.2) is 18.2 Å². The zero-order valence-electron chi connectivity index (χ0n) is 11.1. The van der Waals surface area contributed by atoms with Crippen molar-refractivity contribution < 1.29 is 24.5 Å². The lowest BCUT2D eigenvalue weighted by atomic mass is 9.98. The number of aliphatic hydroxyl groups is 1. The Kier molecular flexibility index (Phi) is 6.48. The normalized spacial score (nSPS) is 11.9. The van der Waals surface area contributed by atoms with Crippen LogP contribution < -0.4 is 0 Å². The molecule has 110 valence electrons. The molecule has 0 heterocycles. The van der Waals surface area contributed by atoms with Gasteiger partial charge in [-0.25, -0.2) is 9.59 Å². The molecule has 0 aromatic heterocycles. The largest absolute Gasteiger partial charge is 0.479 e. The molecule has 0 bridgehead atoms. The van der Waals surface area contributed by atoms with Gasteiger partial charge in [-0.15, -0.1) is 11.6 Å². The van der Waals surface area contributed by atoms with Crippen molar-refractivity contribution in [3.05, 3.63) is 34.9 Å². The molecule has 1 atom stereocenters. The van der Waals surface area contributed by atoms with Gasteiger partial charge in [0.2, 0.25) is 0 Å². The molecule has 0 spiro atoms. The summed E-state index contributed by atoms with van der Waals surface area (Å²) in [5, 5.41) is 18.5. The van der Waals surface area contributed by atoms with Gasteiger partial charge < -0.3 is 14.9 Å². The number of rotatable bonds is 7. The van der Waals surface area contributed by atoms with Gasteiger partial charge in [-0.05, 0) is 31.4 Å². The topological polar surface area (TPSA) is 83.8 Å². The van der Waals surface area contributed by atoms with E-state index in [1.807, 2.05) is 0 Å². The Morgan fingerprint density at radius 1 is 1.40 bits per heavy atom. The van der Waals surface area contributed by atoms with Crippen LogP contribution in [-0.4, -0.2) is 34.6 Å². The predicted molar refractivity (Wildman–Crippen MR) is 74.0 cm³/mol. The molecule has 0 saturated heterocycles. The molecular weight excluding hydrogens is 284 g/mol. The quantitative estimate of drug-likeness (QED) is 0.595. The van der Waals surface area contributed by atoms with E-state index in [0.29, 0.717) is 12.3 Å². The molecule has 1 unspecified atom stereocenters. The molecule has 0 aliphatic heterocycles. The molecule has 0 saturated carbocycles. The Morgan fingerprint density at radius 3 is 2.65 bits per heavy atom. The smallest absolute Gasteiger partial charge is 0.338 e. The fourth-order valence-corrected chi connectivity index (χ4v) is 1.92. The second-order valence-corrected chi connectivity index (χ2v) is 4.55. The van der Waals surface area contributed by atoms with Crippen LogP contribution in [0.2, 0.25) is 0 Å². The number of carbonyl (C=O) groups is 2. The van der Waals surface area contributed by atoms with Gasteiger partial charge in [0.25, 0.3) is 0 Å². The van der Waals surface area contributed by atoms with Crippen molar-refractivity contribution in [3.8, 4) is 0 Å². The van der Waals surface area contributed by atoms with Crippen LogP contribution in [0, 0.1) is 0 Å². The second kappa shape index (κ2) is 7.87. The number of hydrogen-bond donors (Lipinski definition) is 2. The van der Waals surface area contributed by atoms with Crippen LogP contribution in [0.5, 0.6) is 0 Å². The van der Waals surface area contributed by atoms with Crippen molar-refractivity contribution in [2.75, 3.05) is 12.5 Å². The molecule has 1 rings (SSSR count). The zero-order valence-corrected chi connectivity index (χ0v) is 11.9. The van der Waals surface area contributed by atoms with Crippen LogP contribution in [0.1, 0.15) is 40.9 Å². The number of ether oxygens (including phenoxy) is 1. The van der Waals surface area contributed by atoms with E-state index in [4.69, 9.17) is 21.4 Å². The molecule has 5 nitrogen and oxygen atoms in total. The lowest BCUT2D eigenvalue weighted by molar-refractivity contribution is -0.146. The van der Waals surface area contributed by atoms with E-state index in [1.165, 1.54) is 6.07 Å². The molecule has 0 radical (unpaired) electrons. The van der Waals surface area contributed by atoms with Crippen molar-refractivity contribution in [1.29, 1.82) is 0 Å². The average molecular weight is 301 g/mol. The summed E-state index contributed by atoms with van der Waals surface area (Å²) in [7, 11) is 0. The van der Waals surface area contributed by atoms with E-state index in [-0.39, 0.29) is 17.7 Å². The van der Waals surface area contributed by atoms with E-state index in [1.54, 1.807) is 19.1 Å². The summed E-state index contributed by atoms with van der Waals surface area (Å²) < 4.78 is 4.89. The third kappa shape index (κ3) is 4.21. The molecule has 0 aliphatic carbocycles. The molecule has 1 aromatic carbocycles. The summed E-state index contributed by atoms with van der Waals surface area (Å²) in [6.07, 6.45) is -0.347. The lowest BCUT2D eigenvalue weighted by Gasteiger charge is -2.13. The highest BCUT2D eigenvalue weighted by Gasteiger charge is 2.23. The predicted octanol–water partition coefficient (Wildman–Crippen LogP) is 2.15. The summed E-state index contributed by atoms with van der Waals surface area (Å²) in [4.78, 5) is 22.7. The van der Waals surface area contributed by atoms with Gasteiger partial charge >= 0.3 is 11.9 Å². The molecule has 2 N–H and O–H groups in total. The maximum absolute atomic E-state index is 11.9. The molecule has 1 aromatic rings. The van der Waals surface area contributed by atoms with Crippen LogP contribution in [0.25, 0.3) is 0 Å². The number of halogens is 1. The first-order valence-electron chi connectivity index (χ1n) is 6.28. The molecule has 0 amide bonds. The van der Waals surface area contributed by atoms with E-state index in [2.05, 4.69) is 0 Å². The third-order valence-corrected chi connectivity index (χ3v) is 3.01. The van der Waals surface area contributed by atoms with Gasteiger partial charge in [-0.3, -0.25) is 0 Å². The average Bonchev–Trinajstić information content (AvgIpc) is 2.44. The Balaban J connectivity index is 3.15. The van der Waals surface area contributed by atoms with Crippen molar-refractivity contribution >= 4 is 23.5 Å². The SMILES string of the molecule is CCOC(=O)c1cc(CCCCl)ccc1C(O)C(=O)O. The van der Waals surface area contributed by atoms with Crippen LogP contribution >= 0.6 is 11.6 Å². The first-order chi connectivity index (χ1) is 9.51. The lowest BCUT2D eigenvalue weighted by Crippen LogP contribution is -2.17. The minimum atomic E-state index is -1.75. The molecule has 20 heavy (non-hydrogen) atoms. The summed E-state index contributed by atoms with van der Waals surface area (Å²) >= 11 is 5.62. The van der Waals surface area contributed by atoms with Gasteiger partial charge in [-0.2, -0.15) is 0 Å². The first kappa shape index (κ1) is 16.5. The number of benzene rings is 1. The Labute approximate surface area is 122 Å². The van der Waals surface area contributed by atoms with Crippen LogP contribution in [0.3, 0.4) is 0 Å². The summed E-state index contributed by atoms with van der Waals surface area (Å²) in [6.45, 7) is 1.83. The number of carbonyl (C=O) groups excluding carboxylic acids is 1. The molecule has 6 heteroatoms. The summed E-state index contributed by atoms with van der Waals surface area (Å²) in [6, 6.07) is 4.66. The second-order valence-electron chi connectivity index (χ2n) is 4.18. The fraction of sp³-hybridized carbons (Fsp3) is 0.429. The van der Waals surface area contributed by atoms with E-state index < -0.39 is 18.0 Å². The van der Waals surface area contributed by atoms with E-state index in [0.717, 1.165) is 12.0 Å². The molecular formula is C14H17ClO5. The highest BCUT2D eigenvalue weighted by Crippen LogP contribution is 2.22. The number of aryl methyl sites for hydroxylation is 1. The Bertz CT molecular complexity index is 486. The van der Waals surface area contributed by atoms with Gasteiger partial charge in [0.05, 0.1) is 12.2 Å². The summed E-state index contributed by atoms with van der Waals surface area (Å²) in [5.74, 6) is -1.56. The number of hydrogen-bond acceptors (Lipinski definition) is 4. The van der Waals surface area contributed by atoms with Gasteiger partial charge in [0.15, 0.2) is 6.10 Å². The van der Waals surface area contributed by atoms with Crippen LogP contribution in [-0.2, 0) is 16.0 Å². The Hall–Kier alpha value is -1.59. The highest BCUT2D eigenvalue weighted by molar-refractivity contribution is 6.17. The van der Waals surface area contributed by atoms with Crippen molar-refractivity contribution in [3.63, 3.8) is 0 Å². The van der Waals surface area contributed by atoms with Gasteiger partial charge in [-0.1, -0.05) is 12.1 Å². The maximum Gasteiger partial charge on any atom is 0.338 e. The number of alkyl halides is 1. The summed E-state index contributed by atoms with van der Waals surface area (Å²) in [5.41, 5.74) is 0.953. The maximum atomic E-state index is 11.9. The highest BCUT2D eigenvalue weighted by atomic mass is 35.5. The minimum Gasteiger partial charge on any atom is -0.479 e. The number of aliphatic hydroxyl groups excluding tert-OH is 1. The Morgan fingerprint density at radius 2 is 2.10 bits per heavy atom. The first-order valence-corrected chi connectivity index (χ1v) is 6.81. The number of aliphatic carboxylic acids is 1. The van der Waals surface area contributed by atoms with Crippen LogP contribution in [0.4, 0.5) is 0 Å². The monoisotopic (exact) mass is 300 g/mol. The standard InChI is InChI=1S/C14H17ClO5/c1-2-20-14(19)11-8-9(4-3-7-15)5-6-10(11)12(16)13(17)18/h5-6,8,12,16H,2-4,7H2,1H3,(H,17,18). The van der Waals surface area contributed by atoms with Crippen molar-refractivity contribution in [2.24, 2.45) is 0 Å². The minimum absolute atomic E-state index is 0.0329. The number of esters is 1. The number of carboxylic acid groups (broad SMARTS) is 1.